The normalized spacial score (nSPS) is 16.6. The van der Waals surface area contributed by atoms with Crippen molar-refractivity contribution >= 4 is 17.2 Å². The maximum atomic E-state index is 11.3. The third kappa shape index (κ3) is 2.59. The molecule has 0 saturated heterocycles. The number of nitrogens with one attached hydrogen (secondary N) is 1. The second kappa shape index (κ2) is 4.93. The molecule has 2 rings (SSSR count). The van der Waals surface area contributed by atoms with Gasteiger partial charge in [0.25, 0.3) is 0 Å². The summed E-state index contributed by atoms with van der Waals surface area (Å²) in [5, 5.41) is 3.79. The summed E-state index contributed by atoms with van der Waals surface area (Å²) < 4.78 is 0. The average Bonchev–Trinajstić information content (AvgIpc) is 2.68. The minimum Gasteiger partial charge on any atom is -0.348 e. The van der Waals surface area contributed by atoms with E-state index >= 15 is 0 Å². The SMILES string of the molecule is C[C@@H](N)C(=O)NCc1nc2c(s1)CCCC2. The van der Waals surface area contributed by atoms with Gasteiger partial charge in [-0.3, -0.25) is 4.79 Å². The van der Waals surface area contributed by atoms with Crippen molar-refractivity contribution in [1.29, 1.82) is 0 Å². The van der Waals surface area contributed by atoms with Crippen LogP contribution in [0.4, 0.5) is 0 Å². The molecule has 1 heterocycles. The molecule has 1 aromatic heterocycles. The van der Waals surface area contributed by atoms with Crippen LogP contribution >= 0.6 is 11.3 Å². The lowest BCUT2D eigenvalue weighted by atomic mass is 10.0. The molecule has 3 N–H and O–H groups in total. The van der Waals surface area contributed by atoms with E-state index in [0.29, 0.717) is 6.54 Å². The fourth-order valence-corrected chi connectivity index (χ4v) is 2.90. The summed E-state index contributed by atoms with van der Waals surface area (Å²) in [4.78, 5) is 17.2. The van der Waals surface area contributed by atoms with Crippen LogP contribution in [0.15, 0.2) is 0 Å². The molecular formula is C11H17N3OS. The van der Waals surface area contributed by atoms with Gasteiger partial charge in [-0.1, -0.05) is 0 Å². The molecule has 1 aliphatic carbocycles. The summed E-state index contributed by atoms with van der Waals surface area (Å²) in [7, 11) is 0. The van der Waals surface area contributed by atoms with Gasteiger partial charge in [-0.15, -0.1) is 11.3 Å². The largest absolute Gasteiger partial charge is 0.348 e. The monoisotopic (exact) mass is 239 g/mol. The van der Waals surface area contributed by atoms with Crippen molar-refractivity contribution in [1.82, 2.24) is 10.3 Å². The zero-order valence-electron chi connectivity index (χ0n) is 9.45. The number of amides is 1. The van der Waals surface area contributed by atoms with Crippen LogP contribution in [0.25, 0.3) is 0 Å². The van der Waals surface area contributed by atoms with E-state index in [0.717, 1.165) is 17.8 Å². The molecule has 16 heavy (non-hydrogen) atoms. The smallest absolute Gasteiger partial charge is 0.236 e. The standard InChI is InChI=1S/C11H17N3OS/c1-7(12)11(15)13-6-10-14-8-4-2-3-5-9(8)16-10/h7H,2-6,12H2,1H3,(H,13,15)/t7-/m1/s1. The Morgan fingerprint density at radius 2 is 2.31 bits per heavy atom. The second-order valence-corrected chi connectivity index (χ2v) is 5.36. The van der Waals surface area contributed by atoms with E-state index in [2.05, 4.69) is 10.3 Å². The van der Waals surface area contributed by atoms with Gasteiger partial charge in [0.05, 0.1) is 18.3 Å². The molecule has 4 nitrogen and oxygen atoms in total. The molecule has 88 valence electrons. The number of nitrogens with two attached hydrogens (primary N) is 1. The Hall–Kier alpha value is -0.940. The first-order valence-electron chi connectivity index (χ1n) is 5.67. The lowest BCUT2D eigenvalue weighted by molar-refractivity contribution is -0.122. The molecule has 0 spiro atoms. The van der Waals surface area contributed by atoms with Gasteiger partial charge in [-0.05, 0) is 32.6 Å². The number of nitrogens with zero attached hydrogens (tertiary/aromatic N) is 1. The fourth-order valence-electron chi connectivity index (χ4n) is 1.80. The van der Waals surface area contributed by atoms with Crippen molar-refractivity contribution in [3.05, 3.63) is 15.6 Å². The quantitative estimate of drug-likeness (QED) is 0.826. The van der Waals surface area contributed by atoms with Gasteiger partial charge in [0.2, 0.25) is 5.91 Å². The van der Waals surface area contributed by atoms with Gasteiger partial charge in [-0.2, -0.15) is 0 Å². The molecule has 0 bridgehead atoms. The Kier molecular flexibility index (Phi) is 3.56. The number of fused-ring (bicyclic) bond motifs is 1. The van der Waals surface area contributed by atoms with Crippen LogP contribution in [0, 0.1) is 0 Å². The van der Waals surface area contributed by atoms with Crippen LogP contribution in [0.1, 0.15) is 35.3 Å². The van der Waals surface area contributed by atoms with E-state index in [-0.39, 0.29) is 5.91 Å². The summed E-state index contributed by atoms with van der Waals surface area (Å²) in [5.74, 6) is -0.117. The van der Waals surface area contributed by atoms with E-state index in [9.17, 15) is 4.79 Å². The molecule has 0 aliphatic heterocycles. The van der Waals surface area contributed by atoms with Gasteiger partial charge in [0.15, 0.2) is 0 Å². The number of hydrogen-bond donors (Lipinski definition) is 2. The summed E-state index contributed by atoms with van der Waals surface area (Å²) in [6, 6.07) is -0.449. The van der Waals surface area contributed by atoms with Crippen molar-refractivity contribution in [3.63, 3.8) is 0 Å². The highest BCUT2D eigenvalue weighted by molar-refractivity contribution is 7.11. The van der Waals surface area contributed by atoms with Gasteiger partial charge in [0.1, 0.15) is 5.01 Å². The molecule has 0 unspecified atom stereocenters. The summed E-state index contributed by atoms with van der Waals surface area (Å²) >= 11 is 1.72. The molecule has 1 amide bonds. The molecule has 0 saturated carbocycles. The Labute approximate surface area is 99.3 Å². The van der Waals surface area contributed by atoms with E-state index < -0.39 is 6.04 Å². The number of aryl methyl sites for hydroxylation is 2. The van der Waals surface area contributed by atoms with Gasteiger partial charge < -0.3 is 11.1 Å². The van der Waals surface area contributed by atoms with E-state index in [1.54, 1.807) is 18.3 Å². The first kappa shape index (κ1) is 11.5. The van der Waals surface area contributed by atoms with Crippen molar-refractivity contribution < 1.29 is 4.79 Å². The summed E-state index contributed by atoms with van der Waals surface area (Å²) in [6.07, 6.45) is 4.74. The van der Waals surface area contributed by atoms with Crippen LogP contribution in [0.5, 0.6) is 0 Å². The number of thiazole rings is 1. The maximum Gasteiger partial charge on any atom is 0.236 e. The number of carbonyl (C=O) groups is 1. The lowest BCUT2D eigenvalue weighted by Gasteiger charge is -2.06. The molecule has 0 fully saturated rings. The maximum absolute atomic E-state index is 11.3. The zero-order chi connectivity index (χ0) is 11.5. The first-order chi connectivity index (χ1) is 7.66. The van der Waals surface area contributed by atoms with Crippen molar-refractivity contribution in [2.45, 2.75) is 45.2 Å². The highest BCUT2D eigenvalue weighted by Gasteiger charge is 2.15. The average molecular weight is 239 g/mol. The van der Waals surface area contributed by atoms with E-state index in [1.807, 2.05) is 0 Å². The number of aromatic nitrogens is 1. The Morgan fingerprint density at radius 3 is 3.00 bits per heavy atom. The zero-order valence-corrected chi connectivity index (χ0v) is 10.3. The van der Waals surface area contributed by atoms with Crippen LogP contribution in [0.2, 0.25) is 0 Å². The van der Waals surface area contributed by atoms with Crippen molar-refractivity contribution in [2.24, 2.45) is 5.73 Å². The highest BCUT2D eigenvalue weighted by atomic mass is 32.1. The van der Waals surface area contributed by atoms with E-state index in [4.69, 9.17) is 5.73 Å². The molecule has 0 aromatic carbocycles. The minimum atomic E-state index is -0.449. The highest BCUT2D eigenvalue weighted by Crippen LogP contribution is 2.26. The van der Waals surface area contributed by atoms with Crippen LogP contribution < -0.4 is 11.1 Å². The molecule has 1 aromatic rings. The van der Waals surface area contributed by atoms with Crippen LogP contribution in [0.3, 0.4) is 0 Å². The Morgan fingerprint density at radius 1 is 1.56 bits per heavy atom. The first-order valence-corrected chi connectivity index (χ1v) is 6.49. The van der Waals surface area contributed by atoms with Crippen molar-refractivity contribution in [2.75, 3.05) is 0 Å². The second-order valence-electron chi connectivity index (χ2n) is 4.19. The molecular weight excluding hydrogens is 222 g/mol. The van der Waals surface area contributed by atoms with Crippen LogP contribution in [-0.2, 0) is 24.2 Å². The predicted molar refractivity (Wildman–Crippen MR) is 64.3 cm³/mol. The fraction of sp³-hybridized carbons (Fsp3) is 0.636. The molecule has 5 heteroatoms. The van der Waals surface area contributed by atoms with Gasteiger partial charge >= 0.3 is 0 Å². The molecule has 1 aliphatic rings. The third-order valence-corrected chi connectivity index (χ3v) is 3.87. The van der Waals surface area contributed by atoms with E-state index in [1.165, 1.54) is 23.4 Å². The summed E-state index contributed by atoms with van der Waals surface area (Å²) in [6.45, 7) is 2.19. The Balaban J connectivity index is 1.95. The van der Waals surface area contributed by atoms with Gasteiger partial charge in [-0.25, -0.2) is 4.98 Å². The predicted octanol–water partition coefficient (Wildman–Crippen LogP) is 0.985. The Bertz CT molecular complexity index is 363. The molecule has 1 atom stereocenters. The summed E-state index contributed by atoms with van der Waals surface area (Å²) in [5.41, 5.74) is 6.71. The third-order valence-electron chi connectivity index (χ3n) is 2.72. The minimum absolute atomic E-state index is 0.117. The van der Waals surface area contributed by atoms with Crippen LogP contribution in [-0.4, -0.2) is 16.9 Å². The molecule has 0 radical (unpaired) electrons. The topological polar surface area (TPSA) is 68.0 Å². The van der Waals surface area contributed by atoms with Gasteiger partial charge in [0, 0.05) is 4.88 Å². The number of carbonyl (C=O) groups excluding carboxylic acids is 1. The number of rotatable bonds is 3. The lowest BCUT2D eigenvalue weighted by Crippen LogP contribution is -2.37. The number of hydrogen-bond acceptors (Lipinski definition) is 4. The van der Waals surface area contributed by atoms with Crippen molar-refractivity contribution in [3.8, 4) is 0 Å².